The van der Waals surface area contributed by atoms with Crippen molar-refractivity contribution in [3.8, 4) is 5.75 Å². The van der Waals surface area contributed by atoms with Gasteiger partial charge in [-0.2, -0.15) is 0 Å². The van der Waals surface area contributed by atoms with Crippen LogP contribution in [0.5, 0.6) is 5.75 Å². The lowest BCUT2D eigenvalue weighted by Gasteiger charge is -2.22. The maximum Gasteiger partial charge on any atom is 0.193 e. The highest BCUT2D eigenvalue weighted by Crippen LogP contribution is 2.17. The van der Waals surface area contributed by atoms with Crippen LogP contribution in [-0.2, 0) is 19.5 Å². The first-order valence-corrected chi connectivity index (χ1v) is 11.8. The molecule has 8 heteroatoms. The quantitative estimate of drug-likeness (QED) is 0.253. The standard InChI is InChI=1S/C22H36N6OS/c1-7-29-19-12-10-18(11-13-19)16-27(5)21(23-4)24-14-8-9-20-25-26-22(30-6)28(20)15-17(2)3/h10-13,17H,7-9,14-16H2,1-6H3,(H,23,24). The fourth-order valence-corrected chi connectivity index (χ4v) is 3.76. The predicted octanol–water partition coefficient (Wildman–Crippen LogP) is 3.69. The molecule has 0 radical (unpaired) electrons. The molecular weight excluding hydrogens is 396 g/mol. The molecule has 0 atom stereocenters. The zero-order valence-corrected chi connectivity index (χ0v) is 20.0. The summed E-state index contributed by atoms with van der Waals surface area (Å²) in [5.41, 5.74) is 1.22. The molecule has 1 aromatic carbocycles. The third kappa shape index (κ3) is 7.23. The molecule has 0 amide bonds. The molecule has 0 aliphatic rings. The molecule has 0 saturated carbocycles. The number of ether oxygens (including phenoxy) is 1. The Morgan fingerprint density at radius 1 is 1.27 bits per heavy atom. The predicted molar refractivity (Wildman–Crippen MR) is 125 cm³/mol. The minimum atomic E-state index is 0.568. The minimum absolute atomic E-state index is 0.568. The van der Waals surface area contributed by atoms with Gasteiger partial charge in [0.2, 0.25) is 0 Å². The third-order valence-electron chi connectivity index (χ3n) is 4.61. The summed E-state index contributed by atoms with van der Waals surface area (Å²) in [5.74, 6) is 3.42. The first-order chi connectivity index (χ1) is 14.5. The van der Waals surface area contributed by atoms with Crippen LogP contribution in [-0.4, -0.2) is 59.1 Å². The Hall–Kier alpha value is -2.22. The smallest absolute Gasteiger partial charge is 0.193 e. The van der Waals surface area contributed by atoms with E-state index < -0.39 is 0 Å². The van der Waals surface area contributed by atoms with Gasteiger partial charge in [-0.15, -0.1) is 10.2 Å². The highest BCUT2D eigenvalue weighted by molar-refractivity contribution is 7.98. The topological polar surface area (TPSA) is 67.6 Å². The number of nitrogens with one attached hydrogen (secondary N) is 1. The summed E-state index contributed by atoms with van der Waals surface area (Å²) >= 11 is 1.65. The molecule has 1 aromatic heterocycles. The van der Waals surface area contributed by atoms with Crippen LogP contribution in [0.4, 0.5) is 0 Å². The van der Waals surface area contributed by atoms with Crippen LogP contribution in [0.1, 0.15) is 38.6 Å². The summed E-state index contributed by atoms with van der Waals surface area (Å²) in [6.45, 7) is 9.70. The van der Waals surface area contributed by atoms with E-state index in [2.05, 4.69) is 69.3 Å². The molecule has 1 heterocycles. The van der Waals surface area contributed by atoms with Gasteiger partial charge in [-0.05, 0) is 43.2 Å². The highest BCUT2D eigenvalue weighted by atomic mass is 32.2. The summed E-state index contributed by atoms with van der Waals surface area (Å²) in [6.07, 6.45) is 3.92. The molecule has 0 spiro atoms. The van der Waals surface area contributed by atoms with Gasteiger partial charge in [0.05, 0.1) is 6.61 Å². The van der Waals surface area contributed by atoms with E-state index in [4.69, 9.17) is 4.74 Å². The Morgan fingerprint density at radius 3 is 2.60 bits per heavy atom. The highest BCUT2D eigenvalue weighted by Gasteiger charge is 2.13. The monoisotopic (exact) mass is 432 g/mol. The lowest BCUT2D eigenvalue weighted by molar-refractivity contribution is 0.340. The SMILES string of the molecule is CCOc1ccc(CN(C)C(=NC)NCCCc2nnc(SC)n2CC(C)C)cc1. The van der Waals surface area contributed by atoms with Crippen molar-refractivity contribution >= 4 is 17.7 Å². The number of aryl methyl sites for hydroxylation is 1. The van der Waals surface area contributed by atoms with E-state index in [1.165, 1.54) is 5.56 Å². The average molecular weight is 433 g/mol. The van der Waals surface area contributed by atoms with Gasteiger partial charge < -0.3 is 19.5 Å². The molecule has 0 saturated heterocycles. The second-order valence-electron chi connectivity index (χ2n) is 7.62. The van der Waals surface area contributed by atoms with E-state index >= 15 is 0 Å². The minimum Gasteiger partial charge on any atom is -0.494 e. The van der Waals surface area contributed by atoms with E-state index in [0.29, 0.717) is 12.5 Å². The van der Waals surface area contributed by atoms with E-state index in [1.54, 1.807) is 11.8 Å². The van der Waals surface area contributed by atoms with Crippen molar-refractivity contribution in [2.75, 3.05) is 33.5 Å². The number of thioether (sulfide) groups is 1. The second kappa shape index (κ2) is 12.5. The van der Waals surface area contributed by atoms with Crippen molar-refractivity contribution in [1.29, 1.82) is 0 Å². The maximum atomic E-state index is 5.51. The summed E-state index contributed by atoms with van der Waals surface area (Å²) in [6, 6.07) is 8.22. The number of rotatable bonds is 11. The van der Waals surface area contributed by atoms with Gasteiger partial charge in [0, 0.05) is 40.2 Å². The van der Waals surface area contributed by atoms with Crippen LogP contribution in [0.15, 0.2) is 34.4 Å². The molecule has 0 fully saturated rings. The van der Waals surface area contributed by atoms with Crippen molar-refractivity contribution < 1.29 is 4.74 Å². The van der Waals surface area contributed by atoms with Crippen LogP contribution in [0.25, 0.3) is 0 Å². The van der Waals surface area contributed by atoms with Crippen molar-refractivity contribution in [1.82, 2.24) is 25.0 Å². The van der Waals surface area contributed by atoms with Gasteiger partial charge in [0.25, 0.3) is 0 Å². The molecule has 2 rings (SSSR count). The number of hydrogen-bond donors (Lipinski definition) is 1. The molecule has 0 unspecified atom stereocenters. The van der Waals surface area contributed by atoms with Crippen LogP contribution in [0, 0.1) is 5.92 Å². The van der Waals surface area contributed by atoms with Gasteiger partial charge in [-0.3, -0.25) is 4.99 Å². The average Bonchev–Trinajstić information content (AvgIpc) is 3.10. The summed E-state index contributed by atoms with van der Waals surface area (Å²) < 4.78 is 7.76. The van der Waals surface area contributed by atoms with Crippen molar-refractivity contribution in [2.24, 2.45) is 10.9 Å². The Balaban J connectivity index is 1.83. The molecule has 7 nitrogen and oxygen atoms in total. The summed E-state index contributed by atoms with van der Waals surface area (Å²) in [7, 11) is 3.87. The fraction of sp³-hybridized carbons (Fsp3) is 0.591. The van der Waals surface area contributed by atoms with Gasteiger partial charge in [0.1, 0.15) is 11.6 Å². The van der Waals surface area contributed by atoms with Crippen LogP contribution in [0.3, 0.4) is 0 Å². The van der Waals surface area contributed by atoms with E-state index in [0.717, 1.165) is 55.2 Å². The Kier molecular flexibility index (Phi) is 10.00. The van der Waals surface area contributed by atoms with Crippen LogP contribution in [0.2, 0.25) is 0 Å². The maximum absolute atomic E-state index is 5.51. The largest absolute Gasteiger partial charge is 0.494 e. The van der Waals surface area contributed by atoms with Crippen molar-refractivity contribution in [2.45, 2.75) is 51.9 Å². The van der Waals surface area contributed by atoms with Crippen LogP contribution < -0.4 is 10.1 Å². The van der Waals surface area contributed by atoms with E-state index in [1.807, 2.05) is 26.1 Å². The summed E-state index contributed by atoms with van der Waals surface area (Å²) in [4.78, 5) is 6.55. The lowest BCUT2D eigenvalue weighted by atomic mass is 10.2. The fourth-order valence-electron chi connectivity index (χ4n) is 3.24. The van der Waals surface area contributed by atoms with Gasteiger partial charge in [-0.1, -0.05) is 37.7 Å². The molecule has 30 heavy (non-hydrogen) atoms. The molecule has 2 aromatic rings. The summed E-state index contributed by atoms with van der Waals surface area (Å²) in [5, 5.41) is 13.2. The Labute approximate surface area is 185 Å². The number of aliphatic imine (C=N–C) groups is 1. The second-order valence-corrected chi connectivity index (χ2v) is 8.39. The first kappa shape index (κ1) is 24.1. The van der Waals surface area contributed by atoms with Crippen molar-refractivity contribution in [3.63, 3.8) is 0 Å². The van der Waals surface area contributed by atoms with E-state index in [9.17, 15) is 0 Å². The van der Waals surface area contributed by atoms with Gasteiger partial charge in [0.15, 0.2) is 11.1 Å². The molecule has 1 N–H and O–H groups in total. The third-order valence-corrected chi connectivity index (χ3v) is 5.28. The molecule has 0 aliphatic heterocycles. The number of benzene rings is 1. The number of hydrogen-bond acceptors (Lipinski definition) is 5. The zero-order valence-electron chi connectivity index (χ0n) is 19.2. The van der Waals surface area contributed by atoms with Gasteiger partial charge >= 0.3 is 0 Å². The van der Waals surface area contributed by atoms with E-state index in [-0.39, 0.29) is 0 Å². The normalized spacial score (nSPS) is 11.8. The number of guanidine groups is 1. The van der Waals surface area contributed by atoms with Crippen molar-refractivity contribution in [3.05, 3.63) is 35.7 Å². The van der Waals surface area contributed by atoms with Crippen LogP contribution >= 0.6 is 11.8 Å². The molecule has 0 bridgehead atoms. The molecule has 166 valence electrons. The number of aromatic nitrogens is 3. The molecular formula is C22H36N6OS. The Morgan fingerprint density at radius 2 is 2.00 bits per heavy atom. The first-order valence-electron chi connectivity index (χ1n) is 10.6. The molecule has 0 aliphatic carbocycles. The lowest BCUT2D eigenvalue weighted by Crippen LogP contribution is -2.39. The zero-order chi connectivity index (χ0) is 21.9. The van der Waals surface area contributed by atoms with Gasteiger partial charge in [-0.25, -0.2) is 0 Å². The number of nitrogens with zero attached hydrogens (tertiary/aromatic N) is 5. The Bertz CT molecular complexity index is 787.